The van der Waals surface area contributed by atoms with Crippen molar-refractivity contribution >= 4 is 23.1 Å². The van der Waals surface area contributed by atoms with Gasteiger partial charge in [0, 0.05) is 36.6 Å². The van der Waals surface area contributed by atoms with E-state index in [1.807, 2.05) is 10.8 Å². The molecule has 1 aromatic carbocycles. The van der Waals surface area contributed by atoms with Crippen molar-refractivity contribution in [1.82, 2.24) is 14.9 Å². The van der Waals surface area contributed by atoms with Crippen molar-refractivity contribution in [2.24, 2.45) is 5.73 Å². The summed E-state index contributed by atoms with van der Waals surface area (Å²) in [6.07, 6.45) is 6.23. The molecule has 20 heavy (non-hydrogen) atoms. The van der Waals surface area contributed by atoms with Gasteiger partial charge in [-0.15, -0.1) is 0 Å². The van der Waals surface area contributed by atoms with Gasteiger partial charge in [-0.1, -0.05) is 24.4 Å². The molecule has 5 nitrogen and oxygen atoms in total. The third-order valence-electron chi connectivity index (χ3n) is 2.85. The van der Waals surface area contributed by atoms with Crippen molar-refractivity contribution < 1.29 is 4.79 Å². The molecule has 0 aliphatic rings. The van der Waals surface area contributed by atoms with E-state index in [2.05, 4.69) is 10.3 Å². The van der Waals surface area contributed by atoms with Crippen molar-refractivity contribution in [2.45, 2.75) is 13.0 Å². The highest BCUT2D eigenvalue weighted by molar-refractivity contribution is 7.80. The predicted octanol–water partition coefficient (Wildman–Crippen LogP) is 1.34. The summed E-state index contributed by atoms with van der Waals surface area (Å²) in [6.45, 7) is 1.43. The van der Waals surface area contributed by atoms with Crippen LogP contribution >= 0.6 is 12.2 Å². The van der Waals surface area contributed by atoms with Gasteiger partial charge in [0.1, 0.15) is 4.99 Å². The van der Waals surface area contributed by atoms with Crippen LogP contribution in [0.25, 0.3) is 0 Å². The van der Waals surface area contributed by atoms with Crippen LogP contribution in [0.5, 0.6) is 0 Å². The van der Waals surface area contributed by atoms with Gasteiger partial charge >= 0.3 is 0 Å². The third-order valence-corrected chi connectivity index (χ3v) is 3.08. The van der Waals surface area contributed by atoms with Crippen LogP contribution in [0.15, 0.2) is 43.0 Å². The predicted molar refractivity (Wildman–Crippen MR) is 81.5 cm³/mol. The molecule has 0 atom stereocenters. The Bertz CT molecular complexity index is 595. The van der Waals surface area contributed by atoms with E-state index in [9.17, 15) is 4.79 Å². The van der Waals surface area contributed by atoms with Crippen molar-refractivity contribution in [2.75, 3.05) is 6.54 Å². The van der Waals surface area contributed by atoms with Crippen molar-refractivity contribution in [3.05, 3.63) is 54.1 Å². The maximum atomic E-state index is 12.0. The molecule has 2 rings (SSSR count). The Morgan fingerprint density at radius 1 is 1.40 bits per heavy atom. The quantitative estimate of drug-likeness (QED) is 0.621. The molecule has 0 spiro atoms. The summed E-state index contributed by atoms with van der Waals surface area (Å²) in [4.78, 5) is 16.2. The maximum Gasteiger partial charge on any atom is 0.251 e. The molecule has 0 saturated carbocycles. The second kappa shape index (κ2) is 6.81. The zero-order valence-electron chi connectivity index (χ0n) is 11.0. The minimum atomic E-state index is -0.117. The van der Waals surface area contributed by atoms with Gasteiger partial charge in [0.15, 0.2) is 0 Å². The molecule has 2 aromatic rings. The lowest BCUT2D eigenvalue weighted by Crippen LogP contribution is -2.25. The summed E-state index contributed by atoms with van der Waals surface area (Å²) in [7, 11) is 0. The number of carbonyl (C=O) groups is 1. The molecule has 104 valence electrons. The topological polar surface area (TPSA) is 72.9 Å². The van der Waals surface area contributed by atoms with E-state index in [0.29, 0.717) is 22.7 Å². The molecule has 3 N–H and O–H groups in total. The summed E-state index contributed by atoms with van der Waals surface area (Å²) in [5.74, 6) is -0.117. The average Bonchev–Trinajstić information content (AvgIpc) is 2.96. The molecular weight excluding hydrogens is 272 g/mol. The normalized spacial score (nSPS) is 10.2. The summed E-state index contributed by atoms with van der Waals surface area (Å²) < 4.78 is 1.97. The number of nitrogens with two attached hydrogens (primary N) is 1. The fraction of sp³-hybridized carbons (Fsp3) is 0.214. The molecule has 1 amide bonds. The lowest BCUT2D eigenvalue weighted by atomic mass is 10.1. The van der Waals surface area contributed by atoms with E-state index < -0.39 is 0 Å². The number of hydrogen-bond acceptors (Lipinski definition) is 3. The van der Waals surface area contributed by atoms with Gasteiger partial charge in [0.2, 0.25) is 0 Å². The van der Waals surface area contributed by atoms with E-state index in [1.54, 1.807) is 36.8 Å². The van der Waals surface area contributed by atoms with E-state index in [-0.39, 0.29) is 5.91 Å². The lowest BCUT2D eigenvalue weighted by molar-refractivity contribution is 0.0952. The molecule has 6 heteroatoms. The number of amides is 1. The standard InChI is InChI=1S/C14H16N4OS/c15-13(20)11-3-1-4-12(9-11)14(19)17-5-2-7-18-8-6-16-10-18/h1,3-4,6,8-10H,2,5,7H2,(H2,15,20)(H,17,19). The lowest BCUT2D eigenvalue weighted by Gasteiger charge is -2.07. The Kier molecular flexibility index (Phi) is 4.84. The van der Waals surface area contributed by atoms with Crippen LogP contribution in [0.4, 0.5) is 0 Å². The minimum absolute atomic E-state index is 0.117. The first-order valence-corrected chi connectivity index (χ1v) is 6.71. The highest BCUT2D eigenvalue weighted by atomic mass is 32.1. The molecule has 0 aliphatic heterocycles. The fourth-order valence-electron chi connectivity index (χ4n) is 1.80. The first-order valence-electron chi connectivity index (χ1n) is 6.30. The SMILES string of the molecule is NC(=S)c1cccc(C(=O)NCCCn2ccnc2)c1. The van der Waals surface area contributed by atoms with Gasteiger partial charge in [-0.25, -0.2) is 4.98 Å². The Morgan fingerprint density at radius 2 is 2.20 bits per heavy atom. The highest BCUT2D eigenvalue weighted by Crippen LogP contribution is 2.05. The average molecular weight is 288 g/mol. The first kappa shape index (κ1) is 14.2. The van der Waals surface area contributed by atoms with Gasteiger partial charge in [-0.3, -0.25) is 4.79 Å². The Balaban J connectivity index is 1.82. The maximum absolute atomic E-state index is 12.0. The van der Waals surface area contributed by atoms with Gasteiger partial charge in [-0.2, -0.15) is 0 Å². The van der Waals surface area contributed by atoms with Crippen LogP contribution in [-0.4, -0.2) is 27.0 Å². The van der Waals surface area contributed by atoms with Crippen LogP contribution in [0.2, 0.25) is 0 Å². The summed E-state index contributed by atoms with van der Waals surface area (Å²) in [6, 6.07) is 7.01. The van der Waals surface area contributed by atoms with E-state index in [4.69, 9.17) is 18.0 Å². The zero-order chi connectivity index (χ0) is 14.4. The Hall–Kier alpha value is -2.21. The van der Waals surface area contributed by atoms with Crippen molar-refractivity contribution in [3.8, 4) is 0 Å². The van der Waals surface area contributed by atoms with Crippen LogP contribution < -0.4 is 11.1 Å². The van der Waals surface area contributed by atoms with Gasteiger partial charge in [0.25, 0.3) is 5.91 Å². The summed E-state index contributed by atoms with van der Waals surface area (Å²) in [5.41, 5.74) is 6.82. The van der Waals surface area contributed by atoms with Crippen LogP contribution in [0, 0.1) is 0 Å². The molecule has 0 saturated heterocycles. The van der Waals surface area contributed by atoms with Crippen LogP contribution in [0.1, 0.15) is 22.3 Å². The Morgan fingerprint density at radius 3 is 2.90 bits per heavy atom. The minimum Gasteiger partial charge on any atom is -0.389 e. The first-order chi connectivity index (χ1) is 9.66. The molecule has 0 aliphatic carbocycles. The van der Waals surface area contributed by atoms with Crippen molar-refractivity contribution in [1.29, 1.82) is 0 Å². The molecular formula is C14H16N4OS. The number of benzene rings is 1. The molecule has 0 fully saturated rings. The highest BCUT2D eigenvalue weighted by Gasteiger charge is 2.06. The number of imidazole rings is 1. The number of aromatic nitrogens is 2. The van der Waals surface area contributed by atoms with Crippen molar-refractivity contribution in [3.63, 3.8) is 0 Å². The molecule has 0 unspecified atom stereocenters. The number of nitrogens with zero attached hydrogens (tertiary/aromatic N) is 2. The number of hydrogen-bond donors (Lipinski definition) is 2. The summed E-state index contributed by atoms with van der Waals surface area (Å²) >= 11 is 4.90. The van der Waals surface area contributed by atoms with Gasteiger partial charge in [-0.05, 0) is 18.6 Å². The number of rotatable bonds is 6. The van der Waals surface area contributed by atoms with Crippen LogP contribution in [-0.2, 0) is 6.54 Å². The van der Waals surface area contributed by atoms with E-state index in [0.717, 1.165) is 13.0 Å². The molecule has 1 aromatic heterocycles. The largest absolute Gasteiger partial charge is 0.389 e. The van der Waals surface area contributed by atoms with Gasteiger partial charge < -0.3 is 15.6 Å². The smallest absolute Gasteiger partial charge is 0.251 e. The fourth-order valence-corrected chi connectivity index (χ4v) is 1.93. The number of thiocarbonyl (C=S) groups is 1. The Labute approximate surface area is 122 Å². The molecule has 1 heterocycles. The summed E-state index contributed by atoms with van der Waals surface area (Å²) in [5, 5.41) is 2.87. The third kappa shape index (κ3) is 3.89. The van der Waals surface area contributed by atoms with E-state index >= 15 is 0 Å². The monoisotopic (exact) mass is 288 g/mol. The molecule has 0 radical (unpaired) electrons. The molecule has 0 bridgehead atoms. The van der Waals surface area contributed by atoms with E-state index in [1.165, 1.54) is 0 Å². The second-order valence-corrected chi connectivity index (χ2v) is 4.79. The van der Waals surface area contributed by atoms with Gasteiger partial charge in [0.05, 0.1) is 6.33 Å². The number of aryl methyl sites for hydroxylation is 1. The number of nitrogens with one attached hydrogen (secondary N) is 1. The zero-order valence-corrected chi connectivity index (χ0v) is 11.8. The number of carbonyl (C=O) groups excluding carboxylic acids is 1. The van der Waals surface area contributed by atoms with Crippen LogP contribution in [0.3, 0.4) is 0 Å². The second-order valence-electron chi connectivity index (χ2n) is 4.36.